The molecule has 48 heavy (non-hydrogen) atoms. The summed E-state index contributed by atoms with van der Waals surface area (Å²) in [4.78, 5) is 14.8. The molecule has 4 nitrogen and oxygen atoms in total. The number of aliphatic hydroxyl groups excluding tert-OH is 1. The van der Waals surface area contributed by atoms with Crippen LogP contribution in [0.1, 0.15) is 60.3 Å². The molecule has 0 aromatic heterocycles. The molecule has 280 valence electrons. The van der Waals surface area contributed by atoms with E-state index in [1.165, 1.54) is 11.1 Å². The van der Waals surface area contributed by atoms with Gasteiger partial charge in [0.1, 0.15) is 6.10 Å². The maximum absolute atomic E-state index is 14.8. The fourth-order valence-electron chi connectivity index (χ4n) is 6.41. The van der Waals surface area contributed by atoms with Gasteiger partial charge in [-0.3, -0.25) is 4.79 Å². The van der Waals surface area contributed by atoms with Gasteiger partial charge in [0.05, 0.1) is 27.3 Å². The largest absolute Gasteiger partial charge is 0.385 e. The summed E-state index contributed by atoms with van der Waals surface area (Å²) in [5, 5.41) is 12.2. The van der Waals surface area contributed by atoms with Crippen LogP contribution in [0, 0.1) is 22.7 Å². The first-order valence-corrected chi connectivity index (χ1v) is 55.0. The fourth-order valence-corrected chi connectivity index (χ4v) is 168. The van der Waals surface area contributed by atoms with Crippen LogP contribution in [0.4, 0.5) is 0 Å². The molecule has 0 amide bonds. The second-order valence-electron chi connectivity index (χ2n) is 12.5. The van der Waals surface area contributed by atoms with Crippen molar-refractivity contribution in [3.63, 3.8) is 0 Å². The Morgan fingerprint density at radius 1 is 0.917 bits per heavy atom. The molecule has 1 N–H and O–H groups in total. The number of hydrogen-bond acceptors (Lipinski definition) is 4. The van der Waals surface area contributed by atoms with Gasteiger partial charge in [-0.15, -0.1) is 105 Å². The molecule has 0 spiro atoms. The second kappa shape index (κ2) is 24.5. The number of carbonyl (C=O) groups is 1. The highest BCUT2D eigenvalue weighted by Gasteiger charge is 2.57. The van der Waals surface area contributed by atoms with E-state index in [1.807, 2.05) is 6.08 Å². The zero-order valence-corrected chi connectivity index (χ0v) is 51.9. The topological polar surface area (TPSA) is 55.8 Å². The molecule has 2 aliphatic rings. The third kappa shape index (κ3) is 13.7. The first-order valence-electron chi connectivity index (χ1n) is 14.7. The van der Waals surface area contributed by atoms with Crippen LogP contribution in [-0.2, 0) is 13.8 Å². The molecule has 0 aromatic carbocycles. The smallest absolute Gasteiger partial charge is 0.167 e. The Morgan fingerprint density at radius 2 is 1.46 bits per heavy atom. The van der Waals surface area contributed by atoms with E-state index in [1.54, 1.807) is 0 Å². The summed E-state index contributed by atoms with van der Waals surface area (Å²) in [7, 11) is 36.5. The molecular weight excluding hydrogens is 1030 g/mol. The van der Waals surface area contributed by atoms with E-state index in [9.17, 15) is 9.90 Å². The number of allylic oxidation sites excluding steroid dienone is 1. The first-order chi connectivity index (χ1) is 22.1. The number of Topliss-reactive ketones (excluding diaryl/α,β-unsaturated/α-hetero) is 1. The summed E-state index contributed by atoms with van der Waals surface area (Å²) in [6.45, 7) is 12.1. The average Bonchev–Trinajstić information content (AvgIpc) is 2.97. The number of ketones is 1. The minimum Gasteiger partial charge on any atom is -0.385 e. The van der Waals surface area contributed by atoms with E-state index in [4.69, 9.17) is 9.05 Å². The predicted molar refractivity (Wildman–Crippen MR) is 291 cm³/mol. The molecule has 1 saturated carbocycles. The Morgan fingerprint density at radius 3 is 1.90 bits per heavy atom. The Kier molecular flexibility index (Phi) is 27.1. The lowest BCUT2D eigenvalue weighted by atomic mass is 9.54. The van der Waals surface area contributed by atoms with Gasteiger partial charge in [0.25, 0.3) is 0 Å². The average molecular weight is 1090 g/mol. The summed E-state index contributed by atoms with van der Waals surface area (Å²) in [5.41, 5.74) is 1.40. The monoisotopic (exact) mass is 1090 g/mol. The van der Waals surface area contributed by atoms with Gasteiger partial charge < -0.3 is 14.2 Å². The van der Waals surface area contributed by atoms with Gasteiger partial charge in [-0.25, -0.2) is 0 Å². The van der Waals surface area contributed by atoms with Crippen molar-refractivity contribution in [2.45, 2.75) is 78.6 Å². The standard InChI is InChI=1S/C21H57O4P23/c1-7-8-9-12(2)21(6)11-16(25-39(41(27)28)47(38-26)43(31)32)17-13(3)15(10-14(20(17,4)5)18(22)19(21)23)24-40(46(37)42(29)30)48(44(33)34)45(35)36/h7,12,14-16,18,22,38H,1,8-11,26-37H2,2-6H3/t12-,14?,15-,16+,18+,21+,39?,40?,46?,47?/m0/s1. The van der Waals surface area contributed by atoms with Crippen molar-refractivity contribution in [1.82, 2.24) is 0 Å². The number of carbonyl (C=O) groups excluding carboxylic acids is 1. The Hall–Kier alpha value is 8.92. The Balaban J connectivity index is 2.91. The quantitative estimate of drug-likeness (QED) is 0.116. The van der Waals surface area contributed by atoms with E-state index in [0.29, 0.717) is 12.8 Å². The van der Waals surface area contributed by atoms with Crippen LogP contribution < -0.4 is 0 Å². The zero-order valence-electron chi connectivity index (χ0n) is 28.1. The lowest BCUT2D eigenvalue weighted by molar-refractivity contribution is -0.150. The molecule has 2 bridgehead atoms. The third-order valence-corrected chi connectivity index (χ3v) is 127. The van der Waals surface area contributed by atoms with Crippen LogP contribution in [0.3, 0.4) is 0 Å². The molecule has 1 fully saturated rings. The molecule has 0 aromatic rings. The van der Waals surface area contributed by atoms with Gasteiger partial charge in [0.15, 0.2) is 5.78 Å². The molecule has 0 saturated heterocycles. The Labute approximate surface area is 333 Å². The van der Waals surface area contributed by atoms with Gasteiger partial charge in [0.2, 0.25) is 0 Å². The van der Waals surface area contributed by atoms with Crippen LogP contribution in [-0.4, -0.2) is 29.2 Å². The fraction of sp³-hybridized carbons (Fsp3) is 0.762. The molecule has 23 atom stereocenters. The van der Waals surface area contributed by atoms with Gasteiger partial charge in [-0.1, -0.05) is 50.7 Å². The summed E-state index contributed by atoms with van der Waals surface area (Å²) < 4.78 is 15.1. The van der Waals surface area contributed by atoms with E-state index in [0.717, 1.165) is 20.8 Å². The number of rotatable bonds is 17. The molecule has 18 unspecified atom stereocenters. The number of fused-ring (bicyclic) bond motifs is 2. The van der Waals surface area contributed by atoms with Crippen molar-refractivity contribution in [3.8, 4) is 0 Å². The van der Waals surface area contributed by atoms with Gasteiger partial charge in [-0.05, 0) is 90.0 Å². The van der Waals surface area contributed by atoms with Crippen LogP contribution >= 0.6 is 186 Å². The summed E-state index contributed by atoms with van der Waals surface area (Å²) in [5.74, 6) is -0.198. The van der Waals surface area contributed by atoms with Crippen molar-refractivity contribution in [3.05, 3.63) is 23.8 Å². The predicted octanol–water partition coefficient (Wildman–Crippen LogP) is 17.1. The van der Waals surface area contributed by atoms with Crippen LogP contribution in [0.25, 0.3) is 0 Å². The highest BCUT2D eigenvalue weighted by atomic mass is 33.2. The Bertz CT molecular complexity index is 1100. The maximum Gasteiger partial charge on any atom is 0.167 e. The summed E-state index contributed by atoms with van der Waals surface area (Å²) >= 11 is 0. The van der Waals surface area contributed by atoms with Gasteiger partial charge in [0, 0.05) is 32.3 Å². The normalized spacial score (nSPS) is 30.1. The molecule has 0 aliphatic heterocycles. The van der Waals surface area contributed by atoms with Crippen molar-refractivity contribution < 1.29 is 18.9 Å². The molecular formula is C21H57O4P23. The van der Waals surface area contributed by atoms with E-state index in [-0.39, 0.29) is 71.8 Å². The molecule has 2 aliphatic carbocycles. The van der Waals surface area contributed by atoms with Crippen LogP contribution in [0.15, 0.2) is 23.8 Å². The highest BCUT2D eigenvalue weighted by Crippen LogP contribution is 3.18. The highest BCUT2D eigenvalue weighted by molar-refractivity contribution is 9.19. The van der Waals surface area contributed by atoms with Crippen molar-refractivity contribution in [2.75, 3.05) is 0 Å². The van der Waals surface area contributed by atoms with Crippen LogP contribution in [0.2, 0.25) is 0 Å². The lowest BCUT2D eigenvalue weighted by Gasteiger charge is -2.54. The first kappa shape index (κ1) is 53.1. The second-order valence-corrected chi connectivity index (χ2v) is 95.7. The van der Waals surface area contributed by atoms with Gasteiger partial charge in [-0.2, -0.15) is 0 Å². The van der Waals surface area contributed by atoms with Crippen LogP contribution in [0.5, 0.6) is 0 Å². The van der Waals surface area contributed by atoms with Crippen molar-refractivity contribution in [1.29, 1.82) is 0 Å². The molecule has 0 heterocycles. The molecule has 0 radical (unpaired) electrons. The minimum absolute atomic E-state index is 0.0194. The van der Waals surface area contributed by atoms with E-state index in [2.05, 4.69) is 148 Å². The minimum atomic E-state index is -1.06. The summed E-state index contributed by atoms with van der Waals surface area (Å²) in [6.07, 6.45) is 3.45. The van der Waals surface area contributed by atoms with Crippen molar-refractivity contribution in [2.24, 2.45) is 22.7 Å². The summed E-state index contributed by atoms with van der Waals surface area (Å²) in [6, 6.07) is 0. The van der Waals surface area contributed by atoms with Gasteiger partial charge >= 0.3 is 0 Å². The SMILES string of the molecule is C=CCC[C@H](C)[C@@]1(C)C[C@@H](OP(P(P)P)P(PP)P(P)P)C2=C(C)[C@@H](OP(P(P)P(P)P)P(P(P)P)P(P)P)CC([C@@H](O)C1=O)C2(C)C. The van der Waals surface area contributed by atoms with Crippen molar-refractivity contribution >= 4 is 192 Å². The zero-order chi connectivity index (χ0) is 37.0. The molecule has 27 heteroatoms. The molecule has 2 rings (SSSR count). The number of hydrogen-bond donors (Lipinski definition) is 1. The van der Waals surface area contributed by atoms with E-state index < -0.39 is 46.0 Å². The number of aliphatic hydroxyl groups is 1. The maximum atomic E-state index is 14.8. The van der Waals surface area contributed by atoms with E-state index >= 15 is 0 Å². The third-order valence-electron chi connectivity index (χ3n) is 9.15. The lowest BCUT2D eigenvalue weighted by Crippen LogP contribution is -2.56.